The minimum absolute atomic E-state index is 0.202. The summed E-state index contributed by atoms with van der Waals surface area (Å²) >= 11 is 0. The van der Waals surface area contributed by atoms with Crippen LogP contribution in [0.15, 0.2) is 12.7 Å². The third kappa shape index (κ3) is 7.96. The normalized spacial score (nSPS) is 10.7. The summed E-state index contributed by atoms with van der Waals surface area (Å²) in [6.07, 6.45) is 4.85. The number of nitrogens with zero attached hydrogens (tertiary/aromatic N) is 1. The van der Waals surface area contributed by atoms with Gasteiger partial charge in [-0.05, 0) is 25.8 Å². The molecule has 0 amide bonds. The van der Waals surface area contributed by atoms with Crippen molar-refractivity contribution in [3.05, 3.63) is 12.7 Å². The Hall–Kier alpha value is -0.380. The van der Waals surface area contributed by atoms with E-state index in [2.05, 4.69) is 11.5 Å². The lowest BCUT2D eigenvalue weighted by Crippen LogP contribution is -2.28. The molecule has 0 aliphatic rings. The van der Waals surface area contributed by atoms with Gasteiger partial charge in [0, 0.05) is 19.7 Å². The van der Waals surface area contributed by atoms with E-state index >= 15 is 0 Å². The predicted molar refractivity (Wildman–Crippen MR) is 54.7 cm³/mol. The number of hydrogen-bond acceptors (Lipinski definition) is 3. The van der Waals surface area contributed by atoms with E-state index < -0.39 is 0 Å². The van der Waals surface area contributed by atoms with Gasteiger partial charge in [-0.1, -0.05) is 6.08 Å². The molecule has 3 nitrogen and oxygen atoms in total. The van der Waals surface area contributed by atoms with E-state index in [0.29, 0.717) is 6.54 Å². The number of rotatable bonds is 9. The first-order chi connectivity index (χ1) is 6.35. The number of hydrogen-bond donors (Lipinski definition) is 2. The highest BCUT2D eigenvalue weighted by Crippen LogP contribution is 1.98. The van der Waals surface area contributed by atoms with Crippen molar-refractivity contribution in [1.29, 1.82) is 0 Å². The van der Waals surface area contributed by atoms with E-state index in [-0.39, 0.29) is 13.2 Å². The molecule has 3 heteroatoms. The molecule has 0 aromatic carbocycles. The Morgan fingerprint density at radius 2 is 1.77 bits per heavy atom. The Labute approximate surface area is 80.7 Å². The lowest BCUT2D eigenvalue weighted by molar-refractivity contribution is 0.203. The van der Waals surface area contributed by atoms with Gasteiger partial charge in [0.2, 0.25) is 0 Å². The molecule has 2 N–H and O–H groups in total. The van der Waals surface area contributed by atoms with Crippen molar-refractivity contribution in [1.82, 2.24) is 4.90 Å². The fourth-order valence-corrected chi connectivity index (χ4v) is 1.24. The fourth-order valence-electron chi connectivity index (χ4n) is 1.24. The second-order valence-corrected chi connectivity index (χ2v) is 3.10. The maximum absolute atomic E-state index is 8.75. The van der Waals surface area contributed by atoms with Gasteiger partial charge in [-0.2, -0.15) is 0 Å². The third-order valence-electron chi connectivity index (χ3n) is 1.94. The van der Waals surface area contributed by atoms with Crippen molar-refractivity contribution in [3.8, 4) is 0 Å². The van der Waals surface area contributed by atoms with Gasteiger partial charge in [0.25, 0.3) is 0 Å². The van der Waals surface area contributed by atoms with Crippen molar-refractivity contribution in [2.24, 2.45) is 0 Å². The maximum Gasteiger partial charge on any atom is 0.0558 e. The van der Waals surface area contributed by atoms with Crippen molar-refractivity contribution >= 4 is 0 Å². The van der Waals surface area contributed by atoms with Crippen molar-refractivity contribution in [2.45, 2.75) is 19.3 Å². The lowest BCUT2D eigenvalue weighted by atomic mass is 10.2. The van der Waals surface area contributed by atoms with Crippen LogP contribution >= 0.6 is 0 Å². The Bertz CT molecular complexity index is 117. The lowest BCUT2D eigenvalue weighted by Gasteiger charge is -2.18. The number of unbranched alkanes of at least 4 members (excludes halogenated alkanes) is 2. The average molecular weight is 187 g/mol. The van der Waals surface area contributed by atoms with Gasteiger partial charge in [0.05, 0.1) is 6.61 Å². The van der Waals surface area contributed by atoms with Crippen LogP contribution in [0.2, 0.25) is 0 Å². The van der Waals surface area contributed by atoms with Gasteiger partial charge in [-0.3, -0.25) is 4.90 Å². The summed E-state index contributed by atoms with van der Waals surface area (Å²) in [6.45, 7) is 6.67. The minimum atomic E-state index is 0.202. The summed E-state index contributed by atoms with van der Waals surface area (Å²) in [4.78, 5) is 2.16. The molecule has 78 valence electrons. The van der Waals surface area contributed by atoms with Gasteiger partial charge in [0.15, 0.2) is 0 Å². The van der Waals surface area contributed by atoms with E-state index in [4.69, 9.17) is 10.2 Å². The molecule has 0 rings (SSSR count). The van der Waals surface area contributed by atoms with Gasteiger partial charge in [0.1, 0.15) is 0 Å². The first kappa shape index (κ1) is 12.6. The molecule has 0 atom stereocenters. The van der Waals surface area contributed by atoms with E-state index in [0.717, 1.165) is 32.4 Å². The minimum Gasteiger partial charge on any atom is -0.396 e. The largest absolute Gasteiger partial charge is 0.396 e. The Morgan fingerprint density at radius 3 is 2.31 bits per heavy atom. The second kappa shape index (κ2) is 9.71. The SMILES string of the molecule is C=CCN(CCO)CCCCCO. The Kier molecular flexibility index (Phi) is 9.42. The molecule has 0 fully saturated rings. The molecular formula is C10H21NO2. The van der Waals surface area contributed by atoms with Crippen LogP contribution in [0, 0.1) is 0 Å². The molecule has 0 aliphatic carbocycles. The first-order valence-electron chi connectivity index (χ1n) is 4.90. The smallest absolute Gasteiger partial charge is 0.0558 e. The van der Waals surface area contributed by atoms with E-state index in [1.165, 1.54) is 0 Å². The van der Waals surface area contributed by atoms with Crippen LogP contribution in [0.5, 0.6) is 0 Å². The van der Waals surface area contributed by atoms with Crippen LogP contribution in [0.3, 0.4) is 0 Å². The zero-order chi connectivity index (χ0) is 9.94. The second-order valence-electron chi connectivity index (χ2n) is 3.10. The van der Waals surface area contributed by atoms with E-state index in [1.54, 1.807) is 0 Å². The summed E-state index contributed by atoms with van der Waals surface area (Å²) in [7, 11) is 0. The first-order valence-corrected chi connectivity index (χ1v) is 4.90. The summed E-state index contributed by atoms with van der Waals surface area (Å²) in [5, 5.41) is 17.3. The molecule has 0 spiro atoms. The van der Waals surface area contributed by atoms with Gasteiger partial charge in [-0.25, -0.2) is 0 Å². The molecule has 0 saturated heterocycles. The maximum atomic E-state index is 8.75. The van der Waals surface area contributed by atoms with Gasteiger partial charge in [-0.15, -0.1) is 6.58 Å². The van der Waals surface area contributed by atoms with Gasteiger partial charge >= 0.3 is 0 Å². The molecule has 0 aliphatic heterocycles. The zero-order valence-electron chi connectivity index (χ0n) is 8.28. The summed E-state index contributed by atoms with van der Waals surface area (Å²) in [5.74, 6) is 0. The number of aliphatic hydroxyl groups excluding tert-OH is 2. The molecule has 0 radical (unpaired) electrons. The molecule has 0 bridgehead atoms. The highest BCUT2D eigenvalue weighted by Gasteiger charge is 2.00. The number of aliphatic hydroxyl groups is 2. The van der Waals surface area contributed by atoms with Crippen LogP contribution in [0.1, 0.15) is 19.3 Å². The Balaban J connectivity index is 3.38. The summed E-state index contributed by atoms with van der Waals surface area (Å²) < 4.78 is 0. The fraction of sp³-hybridized carbons (Fsp3) is 0.800. The molecule has 0 heterocycles. The highest BCUT2D eigenvalue weighted by atomic mass is 16.3. The quantitative estimate of drug-likeness (QED) is 0.411. The van der Waals surface area contributed by atoms with Crippen LogP contribution in [0.25, 0.3) is 0 Å². The molecule has 0 aromatic heterocycles. The summed E-state index contributed by atoms with van der Waals surface area (Å²) in [6, 6.07) is 0. The monoisotopic (exact) mass is 187 g/mol. The molecule has 0 aromatic rings. The zero-order valence-corrected chi connectivity index (χ0v) is 8.28. The highest BCUT2D eigenvalue weighted by molar-refractivity contribution is 4.73. The molecule has 13 heavy (non-hydrogen) atoms. The van der Waals surface area contributed by atoms with Crippen molar-refractivity contribution < 1.29 is 10.2 Å². The van der Waals surface area contributed by atoms with Crippen LogP contribution < -0.4 is 0 Å². The van der Waals surface area contributed by atoms with E-state index in [1.807, 2.05) is 6.08 Å². The van der Waals surface area contributed by atoms with Crippen LogP contribution in [-0.4, -0.2) is 48.0 Å². The van der Waals surface area contributed by atoms with Crippen LogP contribution in [-0.2, 0) is 0 Å². The molecular weight excluding hydrogens is 166 g/mol. The van der Waals surface area contributed by atoms with Crippen LogP contribution in [0.4, 0.5) is 0 Å². The molecule has 0 saturated carbocycles. The standard InChI is InChI=1S/C10H21NO2/c1-2-6-11(8-10-13)7-4-3-5-9-12/h2,12-13H,1,3-10H2. The Morgan fingerprint density at radius 1 is 1.00 bits per heavy atom. The topological polar surface area (TPSA) is 43.7 Å². The van der Waals surface area contributed by atoms with Crippen molar-refractivity contribution in [3.63, 3.8) is 0 Å². The average Bonchev–Trinajstić information content (AvgIpc) is 2.13. The predicted octanol–water partition coefficient (Wildman–Crippen LogP) is 0.629. The van der Waals surface area contributed by atoms with Gasteiger partial charge < -0.3 is 10.2 Å². The third-order valence-corrected chi connectivity index (χ3v) is 1.94. The summed E-state index contributed by atoms with van der Waals surface area (Å²) in [5.41, 5.74) is 0. The van der Waals surface area contributed by atoms with E-state index in [9.17, 15) is 0 Å². The molecule has 0 unspecified atom stereocenters. The van der Waals surface area contributed by atoms with Crippen molar-refractivity contribution in [2.75, 3.05) is 32.8 Å².